The maximum absolute atomic E-state index is 12.5. The first-order chi connectivity index (χ1) is 11.3. The van der Waals surface area contributed by atoms with E-state index in [2.05, 4.69) is 39.2 Å². The van der Waals surface area contributed by atoms with Crippen LogP contribution in [0.4, 0.5) is 0 Å². The molecule has 0 spiro atoms. The van der Waals surface area contributed by atoms with Gasteiger partial charge in [-0.2, -0.15) is 11.3 Å². The predicted octanol–water partition coefficient (Wildman–Crippen LogP) is 4.14. The summed E-state index contributed by atoms with van der Waals surface area (Å²) in [6, 6.07) is 12.6. The van der Waals surface area contributed by atoms with Crippen LogP contribution in [0.5, 0.6) is 0 Å². The van der Waals surface area contributed by atoms with Gasteiger partial charge in [0, 0.05) is 24.3 Å². The van der Waals surface area contributed by atoms with Crippen molar-refractivity contribution in [2.75, 3.05) is 19.6 Å². The standard InChI is InChI=1S/C18H18N2OS2/c21-18(17-10-13-4-1-2-5-16(13)23-17)19-11-15(20-7-3-8-20)14-6-9-22-12-14/h1-2,4-6,9-10,12,15H,3,7-8,11H2,(H,19,21)/t15-/m0/s1. The van der Waals surface area contributed by atoms with E-state index in [9.17, 15) is 4.79 Å². The topological polar surface area (TPSA) is 32.3 Å². The Morgan fingerprint density at radius 3 is 2.83 bits per heavy atom. The van der Waals surface area contributed by atoms with Crippen LogP contribution in [0.15, 0.2) is 47.2 Å². The molecule has 0 radical (unpaired) electrons. The second-order valence-electron chi connectivity index (χ2n) is 5.82. The van der Waals surface area contributed by atoms with Gasteiger partial charge in [-0.15, -0.1) is 11.3 Å². The molecule has 1 fully saturated rings. The van der Waals surface area contributed by atoms with E-state index in [1.54, 1.807) is 22.7 Å². The first-order valence-electron chi connectivity index (χ1n) is 7.84. The lowest BCUT2D eigenvalue weighted by molar-refractivity contribution is 0.0889. The molecule has 0 saturated carbocycles. The van der Waals surface area contributed by atoms with Gasteiger partial charge in [0.15, 0.2) is 0 Å². The zero-order chi connectivity index (χ0) is 15.6. The lowest BCUT2D eigenvalue weighted by Crippen LogP contribution is -2.44. The van der Waals surface area contributed by atoms with Crippen LogP contribution in [0.25, 0.3) is 10.1 Å². The molecule has 0 aliphatic carbocycles. The van der Waals surface area contributed by atoms with Crippen molar-refractivity contribution in [3.63, 3.8) is 0 Å². The van der Waals surface area contributed by atoms with Crippen LogP contribution in [0.1, 0.15) is 27.7 Å². The molecule has 0 bridgehead atoms. The van der Waals surface area contributed by atoms with Gasteiger partial charge in [0.25, 0.3) is 5.91 Å². The molecule has 3 nitrogen and oxygen atoms in total. The third kappa shape index (κ3) is 3.04. The molecule has 1 atom stereocenters. The largest absolute Gasteiger partial charge is 0.349 e. The molecule has 1 aliphatic heterocycles. The molecule has 0 unspecified atom stereocenters. The van der Waals surface area contributed by atoms with Crippen LogP contribution in [0.3, 0.4) is 0 Å². The predicted molar refractivity (Wildman–Crippen MR) is 97.4 cm³/mol. The van der Waals surface area contributed by atoms with E-state index in [-0.39, 0.29) is 5.91 Å². The summed E-state index contributed by atoms with van der Waals surface area (Å²) in [6.07, 6.45) is 1.25. The van der Waals surface area contributed by atoms with Crippen LogP contribution < -0.4 is 5.32 Å². The summed E-state index contributed by atoms with van der Waals surface area (Å²) < 4.78 is 1.16. The summed E-state index contributed by atoms with van der Waals surface area (Å²) in [6.45, 7) is 2.92. The highest BCUT2D eigenvalue weighted by Gasteiger charge is 2.26. The average Bonchev–Trinajstić information content (AvgIpc) is 3.17. The quantitative estimate of drug-likeness (QED) is 0.756. The smallest absolute Gasteiger partial charge is 0.261 e. The van der Waals surface area contributed by atoms with E-state index in [0.29, 0.717) is 12.6 Å². The highest BCUT2D eigenvalue weighted by Crippen LogP contribution is 2.28. The third-order valence-corrected chi connectivity index (χ3v) is 6.18. The summed E-state index contributed by atoms with van der Waals surface area (Å²) >= 11 is 3.28. The lowest BCUT2D eigenvalue weighted by Gasteiger charge is -2.38. The van der Waals surface area contributed by atoms with E-state index in [0.717, 1.165) is 28.1 Å². The summed E-state index contributed by atoms with van der Waals surface area (Å²) in [4.78, 5) is 15.7. The van der Waals surface area contributed by atoms with Gasteiger partial charge in [-0.25, -0.2) is 0 Å². The van der Waals surface area contributed by atoms with Crippen LogP contribution in [0.2, 0.25) is 0 Å². The van der Waals surface area contributed by atoms with Gasteiger partial charge in [0.05, 0.1) is 10.9 Å². The highest BCUT2D eigenvalue weighted by atomic mass is 32.1. The number of nitrogens with one attached hydrogen (secondary N) is 1. The van der Waals surface area contributed by atoms with Gasteiger partial charge < -0.3 is 5.32 Å². The Morgan fingerprint density at radius 2 is 2.13 bits per heavy atom. The Balaban J connectivity index is 1.47. The lowest BCUT2D eigenvalue weighted by atomic mass is 10.0. The fraction of sp³-hybridized carbons (Fsp3) is 0.278. The summed E-state index contributed by atoms with van der Waals surface area (Å²) in [5.41, 5.74) is 1.31. The molecule has 2 aromatic heterocycles. The monoisotopic (exact) mass is 342 g/mol. The number of thiophene rings is 2. The molecule has 1 saturated heterocycles. The van der Waals surface area contributed by atoms with E-state index in [1.165, 1.54) is 12.0 Å². The molecule has 1 aliphatic rings. The second-order valence-corrected chi connectivity index (χ2v) is 7.68. The van der Waals surface area contributed by atoms with Crippen molar-refractivity contribution in [1.29, 1.82) is 0 Å². The van der Waals surface area contributed by atoms with Gasteiger partial charge >= 0.3 is 0 Å². The zero-order valence-corrected chi connectivity index (χ0v) is 14.3. The number of amides is 1. The molecule has 23 heavy (non-hydrogen) atoms. The number of rotatable bonds is 5. The first kappa shape index (κ1) is 14.9. The molecule has 4 rings (SSSR count). The molecule has 1 N–H and O–H groups in total. The molecule has 3 aromatic rings. The van der Waals surface area contributed by atoms with Crippen molar-refractivity contribution in [1.82, 2.24) is 10.2 Å². The van der Waals surface area contributed by atoms with Gasteiger partial charge in [0.1, 0.15) is 0 Å². The molecule has 118 valence electrons. The number of carbonyl (C=O) groups excluding carboxylic acids is 1. The minimum absolute atomic E-state index is 0.0342. The third-order valence-electron chi connectivity index (χ3n) is 4.36. The number of hydrogen-bond acceptors (Lipinski definition) is 4. The number of hydrogen-bond donors (Lipinski definition) is 1. The Morgan fingerprint density at radius 1 is 1.26 bits per heavy atom. The number of nitrogens with zero attached hydrogens (tertiary/aromatic N) is 1. The Labute approximate surface area is 143 Å². The van der Waals surface area contributed by atoms with Crippen molar-refractivity contribution < 1.29 is 4.79 Å². The minimum atomic E-state index is 0.0342. The molecule has 1 aromatic carbocycles. The zero-order valence-electron chi connectivity index (χ0n) is 12.7. The minimum Gasteiger partial charge on any atom is -0.349 e. The second kappa shape index (κ2) is 6.43. The molecular formula is C18H18N2OS2. The van der Waals surface area contributed by atoms with Crippen molar-refractivity contribution in [2.24, 2.45) is 0 Å². The molecular weight excluding hydrogens is 324 g/mol. The molecule has 5 heteroatoms. The van der Waals surface area contributed by atoms with Crippen molar-refractivity contribution in [3.05, 3.63) is 57.6 Å². The van der Waals surface area contributed by atoms with Gasteiger partial charge in [-0.3, -0.25) is 9.69 Å². The number of benzene rings is 1. The van der Waals surface area contributed by atoms with Crippen LogP contribution in [-0.2, 0) is 0 Å². The molecule has 3 heterocycles. The highest BCUT2D eigenvalue weighted by molar-refractivity contribution is 7.20. The van der Waals surface area contributed by atoms with E-state index < -0.39 is 0 Å². The van der Waals surface area contributed by atoms with Crippen LogP contribution >= 0.6 is 22.7 Å². The van der Waals surface area contributed by atoms with E-state index >= 15 is 0 Å². The van der Waals surface area contributed by atoms with Gasteiger partial charge in [0.2, 0.25) is 0 Å². The fourth-order valence-corrected chi connectivity index (χ4v) is 4.63. The maximum Gasteiger partial charge on any atom is 0.261 e. The summed E-state index contributed by atoms with van der Waals surface area (Å²) in [7, 11) is 0. The Bertz CT molecular complexity index is 772. The van der Waals surface area contributed by atoms with Crippen molar-refractivity contribution >= 4 is 38.7 Å². The van der Waals surface area contributed by atoms with Crippen LogP contribution in [0, 0.1) is 0 Å². The normalized spacial score (nSPS) is 16.2. The summed E-state index contributed by atoms with van der Waals surface area (Å²) in [5, 5.41) is 8.57. The van der Waals surface area contributed by atoms with Crippen LogP contribution in [-0.4, -0.2) is 30.4 Å². The number of carbonyl (C=O) groups is 1. The SMILES string of the molecule is O=C(NC[C@@H](c1ccsc1)N1CCC1)c1cc2ccccc2s1. The van der Waals surface area contributed by atoms with E-state index in [4.69, 9.17) is 0 Å². The van der Waals surface area contributed by atoms with Gasteiger partial charge in [-0.05, 0) is 46.3 Å². The maximum atomic E-state index is 12.5. The average molecular weight is 342 g/mol. The van der Waals surface area contributed by atoms with Crippen molar-refractivity contribution in [3.8, 4) is 0 Å². The summed E-state index contributed by atoms with van der Waals surface area (Å²) in [5.74, 6) is 0.0342. The number of likely N-dealkylation sites (tertiary alicyclic amines) is 1. The fourth-order valence-electron chi connectivity index (χ4n) is 2.94. The van der Waals surface area contributed by atoms with E-state index in [1.807, 2.05) is 18.2 Å². The van der Waals surface area contributed by atoms with Gasteiger partial charge in [-0.1, -0.05) is 18.2 Å². The Hall–Kier alpha value is -1.69. The Kier molecular flexibility index (Phi) is 4.16. The first-order valence-corrected chi connectivity index (χ1v) is 9.60. The van der Waals surface area contributed by atoms with Crippen molar-refractivity contribution in [2.45, 2.75) is 12.5 Å². The molecule has 1 amide bonds. The number of fused-ring (bicyclic) bond motifs is 1.